The number of anilines is 3. The van der Waals surface area contributed by atoms with Gasteiger partial charge in [-0.2, -0.15) is 0 Å². The molecular formula is C18H19Cl2N3O2. The molecule has 0 unspecified atom stereocenters. The van der Waals surface area contributed by atoms with Gasteiger partial charge in [0.15, 0.2) is 0 Å². The number of rotatable bonds is 5. The van der Waals surface area contributed by atoms with Crippen LogP contribution in [0, 0.1) is 0 Å². The largest absolute Gasteiger partial charge is 0.378 e. The average Bonchev–Trinajstić information content (AvgIpc) is 2.56. The van der Waals surface area contributed by atoms with Crippen molar-refractivity contribution in [3.8, 4) is 0 Å². The van der Waals surface area contributed by atoms with Gasteiger partial charge in [-0.05, 0) is 36.4 Å². The number of nitrogens with one attached hydrogen (secondary N) is 1. The van der Waals surface area contributed by atoms with E-state index in [9.17, 15) is 9.59 Å². The minimum atomic E-state index is -0.365. The van der Waals surface area contributed by atoms with Crippen molar-refractivity contribution in [2.75, 3.05) is 35.8 Å². The lowest BCUT2D eigenvalue weighted by molar-refractivity contribution is -0.120. The highest BCUT2D eigenvalue weighted by Gasteiger charge is 2.17. The van der Waals surface area contributed by atoms with Gasteiger partial charge in [-0.3, -0.25) is 9.59 Å². The van der Waals surface area contributed by atoms with Crippen molar-refractivity contribution in [1.29, 1.82) is 0 Å². The third-order valence-electron chi connectivity index (χ3n) is 3.59. The Bertz CT molecular complexity index is 776. The number of halogens is 2. The van der Waals surface area contributed by atoms with Gasteiger partial charge in [0.05, 0.1) is 15.7 Å². The molecule has 5 nitrogen and oxygen atoms in total. The number of carbonyl (C=O) groups excluding carboxylic acids is 2. The van der Waals surface area contributed by atoms with Gasteiger partial charge < -0.3 is 15.1 Å². The van der Waals surface area contributed by atoms with Crippen molar-refractivity contribution < 1.29 is 9.59 Å². The Labute approximate surface area is 157 Å². The first kappa shape index (κ1) is 19.1. The summed E-state index contributed by atoms with van der Waals surface area (Å²) in [5.41, 5.74) is 2.05. The van der Waals surface area contributed by atoms with E-state index in [0.29, 0.717) is 16.4 Å². The number of carbonyl (C=O) groups is 2. The molecule has 2 aromatic rings. The highest BCUT2D eigenvalue weighted by Crippen LogP contribution is 2.29. The zero-order valence-electron chi connectivity index (χ0n) is 14.2. The number of hydrogen-bond acceptors (Lipinski definition) is 3. The van der Waals surface area contributed by atoms with Crippen LogP contribution in [0.1, 0.15) is 6.92 Å². The predicted octanol–water partition coefficient (Wildman–Crippen LogP) is 4.05. The molecule has 1 N–H and O–H groups in total. The summed E-state index contributed by atoms with van der Waals surface area (Å²) in [6, 6.07) is 12.3. The van der Waals surface area contributed by atoms with Crippen LogP contribution in [0.15, 0.2) is 42.5 Å². The molecule has 0 aliphatic carbocycles. The fourth-order valence-electron chi connectivity index (χ4n) is 2.25. The zero-order chi connectivity index (χ0) is 18.6. The minimum Gasteiger partial charge on any atom is -0.378 e. The highest BCUT2D eigenvalue weighted by molar-refractivity contribution is 6.44. The van der Waals surface area contributed by atoms with Crippen molar-refractivity contribution in [3.05, 3.63) is 52.5 Å². The van der Waals surface area contributed by atoms with Crippen LogP contribution in [0.25, 0.3) is 0 Å². The molecule has 2 amide bonds. The Kier molecular flexibility index (Phi) is 6.28. The third kappa shape index (κ3) is 4.87. The third-order valence-corrected chi connectivity index (χ3v) is 4.40. The lowest BCUT2D eigenvalue weighted by atomic mass is 10.2. The second-order valence-corrected chi connectivity index (χ2v) is 6.45. The van der Waals surface area contributed by atoms with E-state index in [1.165, 1.54) is 11.8 Å². The second kappa shape index (κ2) is 8.23. The summed E-state index contributed by atoms with van der Waals surface area (Å²) in [5.74, 6) is -0.596. The lowest BCUT2D eigenvalue weighted by Crippen LogP contribution is -2.36. The summed E-state index contributed by atoms with van der Waals surface area (Å²) in [7, 11) is 3.86. The van der Waals surface area contributed by atoms with Gasteiger partial charge in [0, 0.05) is 32.4 Å². The molecule has 25 heavy (non-hydrogen) atoms. The molecule has 7 heteroatoms. The summed E-state index contributed by atoms with van der Waals surface area (Å²) < 4.78 is 0. The molecule has 0 heterocycles. The first-order valence-electron chi connectivity index (χ1n) is 7.59. The lowest BCUT2D eigenvalue weighted by Gasteiger charge is -2.22. The van der Waals surface area contributed by atoms with Gasteiger partial charge in [0.25, 0.3) is 0 Å². The Morgan fingerprint density at radius 1 is 1.00 bits per heavy atom. The van der Waals surface area contributed by atoms with Crippen LogP contribution < -0.4 is 15.1 Å². The molecule has 132 valence electrons. The minimum absolute atomic E-state index is 0.126. The second-order valence-electron chi connectivity index (χ2n) is 5.67. The van der Waals surface area contributed by atoms with Gasteiger partial charge in [-0.1, -0.05) is 29.3 Å². The molecule has 2 rings (SSSR count). The Hall–Kier alpha value is -2.24. The van der Waals surface area contributed by atoms with Crippen molar-refractivity contribution in [2.45, 2.75) is 6.92 Å². The Balaban J connectivity index is 2.14. The summed E-state index contributed by atoms with van der Waals surface area (Å²) in [5, 5.41) is 3.29. The molecule has 0 atom stereocenters. The molecule has 0 spiro atoms. The highest BCUT2D eigenvalue weighted by atomic mass is 35.5. The Morgan fingerprint density at radius 3 is 2.16 bits per heavy atom. The van der Waals surface area contributed by atoms with Crippen molar-refractivity contribution >= 4 is 52.1 Å². The number of hydrogen-bond donors (Lipinski definition) is 1. The average molecular weight is 380 g/mol. The van der Waals surface area contributed by atoms with E-state index in [0.717, 1.165) is 5.69 Å². The zero-order valence-corrected chi connectivity index (χ0v) is 15.7. The van der Waals surface area contributed by atoms with Gasteiger partial charge in [-0.15, -0.1) is 0 Å². The maximum Gasteiger partial charge on any atom is 0.244 e. The van der Waals surface area contributed by atoms with Crippen LogP contribution in [-0.2, 0) is 9.59 Å². The maximum atomic E-state index is 12.3. The van der Waals surface area contributed by atoms with Gasteiger partial charge >= 0.3 is 0 Å². The Morgan fingerprint density at radius 2 is 1.60 bits per heavy atom. The molecular weight excluding hydrogens is 361 g/mol. The van der Waals surface area contributed by atoms with Gasteiger partial charge in [0.2, 0.25) is 11.8 Å². The van der Waals surface area contributed by atoms with Crippen LogP contribution >= 0.6 is 23.2 Å². The molecule has 0 radical (unpaired) electrons. The smallest absolute Gasteiger partial charge is 0.244 e. The van der Waals surface area contributed by atoms with E-state index in [2.05, 4.69) is 5.32 Å². The number of amides is 2. The maximum absolute atomic E-state index is 12.3. The molecule has 0 bridgehead atoms. The van der Waals surface area contributed by atoms with Crippen molar-refractivity contribution in [3.63, 3.8) is 0 Å². The van der Waals surface area contributed by atoms with E-state index in [1.807, 2.05) is 31.1 Å². The number of nitrogens with zero attached hydrogens (tertiary/aromatic N) is 2. The van der Waals surface area contributed by atoms with E-state index in [4.69, 9.17) is 23.2 Å². The summed E-state index contributed by atoms with van der Waals surface area (Å²) in [4.78, 5) is 27.6. The first-order chi connectivity index (χ1) is 11.8. The fourth-order valence-corrected chi connectivity index (χ4v) is 2.60. The van der Waals surface area contributed by atoms with Crippen LogP contribution in [0.3, 0.4) is 0 Å². The standard InChI is InChI=1S/C18H19Cl2N3O2/c1-12(24)23(14-9-7-13(8-10-14)22(2)3)11-17(25)21-16-6-4-5-15(19)18(16)20/h4-10H,11H2,1-3H3,(H,21,25). The quantitative estimate of drug-likeness (QED) is 0.852. The van der Waals surface area contributed by atoms with E-state index in [-0.39, 0.29) is 23.4 Å². The molecule has 0 saturated carbocycles. The van der Waals surface area contributed by atoms with Gasteiger partial charge in [0.1, 0.15) is 6.54 Å². The monoisotopic (exact) mass is 379 g/mol. The molecule has 0 saturated heterocycles. The molecule has 0 aliphatic rings. The normalized spacial score (nSPS) is 10.3. The fraction of sp³-hybridized carbons (Fsp3) is 0.222. The summed E-state index contributed by atoms with van der Waals surface area (Å²) in [6.07, 6.45) is 0. The van der Waals surface area contributed by atoms with Crippen LogP contribution in [0.5, 0.6) is 0 Å². The van der Waals surface area contributed by atoms with Gasteiger partial charge in [-0.25, -0.2) is 0 Å². The van der Waals surface area contributed by atoms with Crippen molar-refractivity contribution in [1.82, 2.24) is 0 Å². The van der Waals surface area contributed by atoms with E-state index < -0.39 is 0 Å². The molecule has 2 aromatic carbocycles. The summed E-state index contributed by atoms with van der Waals surface area (Å²) in [6.45, 7) is 1.29. The molecule has 0 aromatic heterocycles. The summed E-state index contributed by atoms with van der Waals surface area (Å²) >= 11 is 12.0. The SMILES string of the molecule is CC(=O)N(CC(=O)Nc1cccc(Cl)c1Cl)c1ccc(N(C)C)cc1. The molecule has 0 fully saturated rings. The van der Waals surface area contributed by atoms with Crippen molar-refractivity contribution in [2.24, 2.45) is 0 Å². The topological polar surface area (TPSA) is 52.7 Å². The van der Waals surface area contributed by atoms with E-state index in [1.54, 1.807) is 30.3 Å². The van der Waals surface area contributed by atoms with Crippen LogP contribution in [0.2, 0.25) is 10.0 Å². The molecule has 0 aliphatic heterocycles. The predicted molar refractivity (Wildman–Crippen MR) is 104 cm³/mol. The first-order valence-corrected chi connectivity index (χ1v) is 8.34. The number of benzene rings is 2. The van der Waals surface area contributed by atoms with Crippen LogP contribution in [-0.4, -0.2) is 32.5 Å². The van der Waals surface area contributed by atoms with Crippen LogP contribution in [0.4, 0.5) is 17.1 Å². The van der Waals surface area contributed by atoms with E-state index >= 15 is 0 Å².